The van der Waals surface area contributed by atoms with Crippen LogP contribution in [0.2, 0.25) is 0 Å². The SMILES string of the molecule is O=C(O)[C@H]1C[C@@H](O)CN1C(=O)NCc1csc(=O)[nH]1. The number of hydrogen-bond acceptors (Lipinski definition) is 5. The highest BCUT2D eigenvalue weighted by atomic mass is 32.1. The average Bonchev–Trinajstić information content (AvgIpc) is 2.92. The molecule has 9 heteroatoms. The quantitative estimate of drug-likeness (QED) is 0.577. The van der Waals surface area contributed by atoms with Gasteiger partial charge in [-0.3, -0.25) is 4.79 Å². The van der Waals surface area contributed by atoms with Gasteiger partial charge in [0, 0.05) is 24.0 Å². The molecule has 2 heterocycles. The molecule has 8 nitrogen and oxygen atoms in total. The molecule has 1 fully saturated rings. The molecular formula is C10H13N3O5S. The molecule has 0 aromatic carbocycles. The molecule has 1 aromatic heterocycles. The molecule has 19 heavy (non-hydrogen) atoms. The van der Waals surface area contributed by atoms with Crippen LogP contribution in [0, 0.1) is 0 Å². The predicted molar refractivity (Wildman–Crippen MR) is 65.9 cm³/mol. The zero-order chi connectivity index (χ0) is 14.0. The predicted octanol–water partition coefficient (Wildman–Crippen LogP) is -0.834. The third-order valence-corrected chi connectivity index (χ3v) is 3.54. The summed E-state index contributed by atoms with van der Waals surface area (Å²) < 4.78 is 0. The Balaban J connectivity index is 1.95. The van der Waals surface area contributed by atoms with Gasteiger partial charge in [0.2, 0.25) is 0 Å². The Morgan fingerprint density at radius 2 is 2.32 bits per heavy atom. The number of aliphatic hydroxyl groups excluding tert-OH is 1. The van der Waals surface area contributed by atoms with E-state index in [-0.39, 0.29) is 24.4 Å². The molecule has 0 unspecified atom stereocenters. The topological polar surface area (TPSA) is 123 Å². The van der Waals surface area contributed by atoms with Crippen molar-refractivity contribution in [3.8, 4) is 0 Å². The summed E-state index contributed by atoms with van der Waals surface area (Å²) in [5, 5.41) is 22.5. The number of β-amino-alcohol motifs (C(OH)–C–C–N with tert-alkyl or cyclic N) is 1. The first-order valence-corrected chi connectivity index (χ1v) is 6.47. The highest BCUT2D eigenvalue weighted by Crippen LogP contribution is 2.18. The maximum absolute atomic E-state index is 11.8. The van der Waals surface area contributed by atoms with Crippen molar-refractivity contribution < 1.29 is 19.8 Å². The van der Waals surface area contributed by atoms with Gasteiger partial charge in [-0.15, -0.1) is 0 Å². The number of carboxylic acid groups (broad SMARTS) is 1. The second-order valence-corrected chi connectivity index (χ2v) is 5.07. The number of thiazole rings is 1. The van der Waals surface area contributed by atoms with Crippen LogP contribution in [0.4, 0.5) is 4.79 Å². The van der Waals surface area contributed by atoms with Crippen LogP contribution in [0.15, 0.2) is 10.2 Å². The Hall–Kier alpha value is -1.87. The number of carboxylic acids is 1. The highest BCUT2D eigenvalue weighted by molar-refractivity contribution is 7.07. The summed E-state index contributed by atoms with van der Waals surface area (Å²) in [5.41, 5.74) is 0.551. The maximum Gasteiger partial charge on any atom is 0.326 e. The number of aliphatic carboxylic acids is 1. The van der Waals surface area contributed by atoms with E-state index in [4.69, 9.17) is 5.11 Å². The molecule has 0 saturated carbocycles. The van der Waals surface area contributed by atoms with Crippen LogP contribution in [-0.2, 0) is 11.3 Å². The lowest BCUT2D eigenvalue weighted by Gasteiger charge is -2.21. The molecule has 0 radical (unpaired) electrons. The standard InChI is InChI=1S/C10H13N3O5S/c14-6-1-7(8(15)16)13(3-6)9(17)11-2-5-4-19-10(18)12-5/h4,6-7,14H,1-3H2,(H,11,17)(H,12,18)(H,15,16)/t6-,7-/m1/s1. The molecule has 1 aliphatic rings. The number of rotatable bonds is 3. The lowest BCUT2D eigenvalue weighted by Crippen LogP contribution is -2.46. The van der Waals surface area contributed by atoms with Crippen LogP contribution in [0.1, 0.15) is 12.1 Å². The number of hydrogen-bond donors (Lipinski definition) is 4. The van der Waals surface area contributed by atoms with E-state index >= 15 is 0 Å². The van der Waals surface area contributed by atoms with Gasteiger partial charge >= 0.3 is 16.9 Å². The Labute approximate surface area is 111 Å². The second-order valence-electron chi connectivity index (χ2n) is 4.23. The fraction of sp³-hybridized carbons (Fsp3) is 0.500. The van der Waals surface area contributed by atoms with E-state index in [1.165, 1.54) is 0 Å². The molecule has 2 rings (SSSR count). The number of aliphatic hydroxyl groups is 1. The monoisotopic (exact) mass is 287 g/mol. The molecule has 2 amide bonds. The smallest absolute Gasteiger partial charge is 0.326 e. The largest absolute Gasteiger partial charge is 0.480 e. The van der Waals surface area contributed by atoms with Gasteiger partial charge in [-0.05, 0) is 0 Å². The van der Waals surface area contributed by atoms with E-state index in [1.54, 1.807) is 5.38 Å². The third-order valence-electron chi connectivity index (χ3n) is 2.83. The van der Waals surface area contributed by atoms with Crippen LogP contribution >= 0.6 is 11.3 Å². The Morgan fingerprint density at radius 1 is 1.58 bits per heavy atom. The van der Waals surface area contributed by atoms with Crippen molar-refractivity contribution in [2.24, 2.45) is 0 Å². The number of carbonyl (C=O) groups excluding carboxylic acids is 1. The summed E-state index contributed by atoms with van der Waals surface area (Å²) in [6.45, 7) is 0.0967. The first-order chi connectivity index (χ1) is 8.97. The second kappa shape index (κ2) is 5.41. The van der Waals surface area contributed by atoms with Gasteiger partial charge in [0.15, 0.2) is 0 Å². The molecule has 104 valence electrons. The lowest BCUT2D eigenvalue weighted by atomic mass is 10.2. The van der Waals surface area contributed by atoms with Crippen LogP contribution in [0.5, 0.6) is 0 Å². The number of aromatic nitrogens is 1. The van der Waals surface area contributed by atoms with Crippen LogP contribution in [0.25, 0.3) is 0 Å². The number of likely N-dealkylation sites (tertiary alicyclic amines) is 1. The van der Waals surface area contributed by atoms with E-state index in [2.05, 4.69) is 10.3 Å². The van der Waals surface area contributed by atoms with Crippen molar-refractivity contribution in [1.29, 1.82) is 0 Å². The Bertz CT molecular complexity index is 539. The summed E-state index contributed by atoms with van der Waals surface area (Å²) in [5.74, 6) is -1.14. The molecule has 1 aromatic rings. The maximum atomic E-state index is 11.8. The van der Waals surface area contributed by atoms with Gasteiger partial charge in [0.1, 0.15) is 6.04 Å². The summed E-state index contributed by atoms with van der Waals surface area (Å²) in [6.07, 6.45) is -0.800. The summed E-state index contributed by atoms with van der Waals surface area (Å²) in [6, 6.07) is -1.59. The molecule has 0 spiro atoms. The number of urea groups is 1. The first-order valence-electron chi connectivity index (χ1n) is 5.59. The zero-order valence-electron chi connectivity index (χ0n) is 9.83. The van der Waals surface area contributed by atoms with Crippen molar-refractivity contribution in [1.82, 2.24) is 15.2 Å². The number of nitrogens with zero attached hydrogens (tertiary/aromatic N) is 1. The fourth-order valence-electron chi connectivity index (χ4n) is 1.95. The molecule has 2 atom stereocenters. The zero-order valence-corrected chi connectivity index (χ0v) is 10.6. The van der Waals surface area contributed by atoms with E-state index in [9.17, 15) is 19.5 Å². The molecule has 0 bridgehead atoms. The van der Waals surface area contributed by atoms with Crippen molar-refractivity contribution in [2.75, 3.05) is 6.54 Å². The van der Waals surface area contributed by atoms with Crippen molar-refractivity contribution in [2.45, 2.75) is 25.1 Å². The molecule has 0 aliphatic carbocycles. The minimum absolute atomic E-state index is 0.0110. The van der Waals surface area contributed by atoms with Crippen LogP contribution in [-0.4, -0.2) is 50.8 Å². The number of carbonyl (C=O) groups is 2. The van der Waals surface area contributed by atoms with Crippen molar-refractivity contribution in [3.05, 3.63) is 20.7 Å². The summed E-state index contributed by atoms with van der Waals surface area (Å²) in [7, 11) is 0. The normalized spacial score (nSPS) is 22.5. The van der Waals surface area contributed by atoms with E-state index < -0.39 is 24.1 Å². The molecular weight excluding hydrogens is 274 g/mol. The summed E-state index contributed by atoms with van der Waals surface area (Å²) in [4.78, 5) is 37.1. The average molecular weight is 287 g/mol. The van der Waals surface area contributed by atoms with Gasteiger partial charge in [0.25, 0.3) is 0 Å². The van der Waals surface area contributed by atoms with Gasteiger partial charge in [-0.25, -0.2) is 9.59 Å². The van der Waals surface area contributed by atoms with Gasteiger partial charge in [-0.1, -0.05) is 11.3 Å². The van der Waals surface area contributed by atoms with E-state index in [1.807, 2.05) is 0 Å². The molecule has 1 aliphatic heterocycles. The minimum Gasteiger partial charge on any atom is -0.480 e. The van der Waals surface area contributed by atoms with Crippen LogP contribution < -0.4 is 10.2 Å². The number of aromatic amines is 1. The lowest BCUT2D eigenvalue weighted by molar-refractivity contribution is -0.141. The molecule has 4 N–H and O–H groups in total. The Kier molecular flexibility index (Phi) is 3.86. The van der Waals surface area contributed by atoms with Crippen molar-refractivity contribution >= 4 is 23.3 Å². The third kappa shape index (κ3) is 3.12. The minimum atomic E-state index is -1.14. The van der Waals surface area contributed by atoms with Crippen molar-refractivity contribution in [3.63, 3.8) is 0 Å². The Morgan fingerprint density at radius 3 is 2.89 bits per heavy atom. The van der Waals surface area contributed by atoms with Crippen LogP contribution in [0.3, 0.4) is 0 Å². The van der Waals surface area contributed by atoms with E-state index in [0.29, 0.717) is 5.69 Å². The highest BCUT2D eigenvalue weighted by Gasteiger charge is 2.38. The number of amides is 2. The van der Waals surface area contributed by atoms with Gasteiger partial charge in [0.05, 0.1) is 12.6 Å². The summed E-state index contributed by atoms with van der Waals surface area (Å²) >= 11 is 0.984. The fourth-order valence-corrected chi connectivity index (χ4v) is 2.53. The molecule has 1 saturated heterocycles. The number of nitrogens with one attached hydrogen (secondary N) is 2. The number of H-pyrrole nitrogens is 1. The first kappa shape index (κ1) is 13.6. The van der Waals surface area contributed by atoms with E-state index in [0.717, 1.165) is 16.2 Å². The van der Waals surface area contributed by atoms with Gasteiger partial charge < -0.3 is 25.4 Å². The van der Waals surface area contributed by atoms with Gasteiger partial charge in [-0.2, -0.15) is 0 Å².